The van der Waals surface area contributed by atoms with Crippen molar-refractivity contribution in [3.8, 4) is 0 Å². The first-order valence-electron chi connectivity index (χ1n) is 8.66. The second kappa shape index (κ2) is 6.93. The molecule has 0 aromatic heterocycles. The smallest absolute Gasteiger partial charge is 0.239 e. The van der Waals surface area contributed by atoms with E-state index in [2.05, 4.69) is 21.7 Å². The molecule has 1 aliphatic carbocycles. The lowest BCUT2D eigenvalue weighted by atomic mass is 9.77. The van der Waals surface area contributed by atoms with Crippen molar-refractivity contribution in [2.75, 3.05) is 32.7 Å². The maximum absolute atomic E-state index is 12.7. The summed E-state index contributed by atoms with van der Waals surface area (Å²) >= 11 is 0. The molecule has 3 rings (SSSR count). The molecule has 4 nitrogen and oxygen atoms in total. The molecule has 2 heterocycles. The number of piperidine rings is 1. The van der Waals surface area contributed by atoms with Gasteiger partial charge in [-0.1, -0.05) is 18.9 Å². The zero-order chi connectivity index (χ0) is 14.7. The molecular weight excluding hydrogens is 262 g/mol. The number of carbonyl (C=O) groups is 1. The Balaban J connectivity index is 1.50. The van der Waals surface area contributed by atoms with Gasteiger partial charge < -0.3 is 10.2 Å². The Kier molecular flexibility index (Phi) is 4.96. The second-order valence-electron chi connectivity index (χ2n) is 6.86. The zero-order valence-electron chi connectivity index (χ0n) is 13.1. The molecule has 21 heavy (non-hydrogen) atoms. The standard InChI is InChI=1S/C17H29N3O/c1-2-9-19-10-12-20(13-11-19)17(21)16-8-7-14-5-3-4-6-15(14)18-16/h2,14-16,18H,1,3-13H2. The van der Waals surface area contributed by atoms with Crippen LogP contribution in [-0.2, 0) is 4.79 Å². The van der Waals surface area contributed by atoms with Crippen molar-refractivity contribution in [1.82, 2.24) is 15.1 Å². The van der Waals surface area contributed by atoms with Crippen molar-refractivity contribution in [1.29, 1.82) is 0 Å². The molecule has 3 fully saturated rings. The number of carbonyl (C=O) groups excluding carboxylic acids is 1. The Morgan fingerprint density at radius 3 is 2.62 bits per heavy atom. The molecule has 3 aliphatic rings. The second-order valence-corrected chi connectivity index (χ2v) is 6.86. The van der Waals surface area contributed by atoms with E-state index in [0.29, 0.717) is 11.9 Å². The van der Waals surface area contributed by atoms with Gasteiger partial charge in [0.1, 0.15) is 0 Å². The van der Waals surface area contributed by atoms with Gasteiger partial charge in [-0.3, -0.25) is 9.69 Å². The number of nitrogens with zero attached hydrogens (tertiary/aromatic N) is 2. The number of hydrogen-bond donors (Lipinski definition) is 1. The summed E-state index contributed by atoms with van der Waals surface area (Å²) in [6.07, 6.45) is 9.56. The van der Waals surface area contributed by atoms with Crippen LogP contribution in [0.3, 0.4) is 0 Å². The fourth-order valence-electron chi connectivity index (χ4n) is 4.24. The molecule has 2 aliphatic heterocycles. The van der Waals surface area contributed by atoms with Crippen molar-refractivity contribution in [3.05, 3.63) is 12.7 Å². The fraction of sp³-hybridized carbons (Fsp3) is 0.824. The van der Waals surface area contributed by atoms with Crippen molar-refractivity contribution >= 4 is 5.91 Å². The molecule has 0 radical (unpaired) electrons. The van der Waals surface area contributed by atoms with Crippen LogP contribution in [0.5, 0.6) is 0 Å². The van der Waals surface area contributed by atoms with Gasteiger partial charge in [0.15, 0.2) is 0 Å². The average Bonchev–Trinajstić information content (AvgIpc) is 2.55. The van der Waals surface area contributed by atoms with Crippen LogP contribution in [0.2, 0.25) is 0 Å². The minimum absolute atomic E-state index is 0.0790. The topological polar surface area (TPSA) is 35.6 Å². The molecule has 1 saturated carbocycles. The van der Waals surface area contributed by atoms with E-state index in [1.54, 1.807) is 0 Å². The molecule has 0 bridgehead atoms. The molecule has 3 atom stereocenters. The monoisotopic (exact) mass is 291 g/mol. The van der Waals surface area contributed by atoms with Crippen LogP contribution in [0.15, 0.2) is 12.7 Å². The summed E-state index contributed by atoms with van der Waals surface area (Å²) in [5.41, 5.74) is 0. The van der Waals surface area contributed by atoms with Gasteiger partial charge in [-0.05, 0) is 31.6 Å². The maximum Gasteiger partial charge on any atom is 0.239 e. The Bertz CT molecular complexity index is 376. The van der Waals surface area contributed by atoms with Gasteiger partial charge in [0.2, 0.25) is 5.91 Å². The van der Waals surface area contributed by atoms with Gasteiger partial charge >= 0.3 is 0 Å². The first-order chi connectivity index (χ1) is 10.3. The summed E-state index contributed by atoms with van der Waals surface area (Å²) in [6.45, 7) is 8.44. The Hall–Kier alpha value is -0.870. The Morgan fingerprint density at radius 2 is 1.86 bits per heavy atom. The highest BCUT2D eigenvalue weighted by atomic mass is 16.2. The summed E-state index contributed by atoms with van der Waals surface area (Å²) < 4.78 is 0. The Morgan fingerprint density at radius 1 is 1.10 bits per heavy atom. The molecule has 118 valence electrons. The number of hydrogen-bond acceptors (Lipinski definition) is 3. The van der Waals surface area contributed by atoms with Crippen LogP contribution in [0.1, 0.15) is 38.5 Å². The highest BCUT2D eigenvalue weighted by Crippen LogP contribution is 2.32. The number of nitrogens with one attached hydrogen (secondary N) is 1. The summed E-state index contributed by atoms with van der Waals surface area (Å²) in [7, 11) is 0. The number of piperazine rings is 1. The van der Waals surface area contributed by atoms with Crippen LogP contribution in [0, 0.1) is 5.92 Å². The van der Waals surface area contributed by atoms with E-state index in [1.807, 2.05) is 6.08 Å². The maximum atomic E-state index is 12.7. The van der Waals surface area contributed by atoms with Gasteiger partial charge in [0.25, 0.3) is 0 Å². The van der Waals surface area contributed by atoms with Gasteiger partial charge in [-0.2, -0.15) is 0 Å². The normalized spacial score (nSPS) is 34.3. The van der Waals surface area contributed by atoms with E-state index < -0.39 is 0 Å². The van der Waals surface area contributed by atoms with Crippen LogP contribution in [-0.4, -0.2) is 60.5 Å². The SMILES string of the molecule is C=CCN1CCN(C(=O)C2CCC3CCCCC3N2)CC1. The fourth-order valence-corrected chi connectivity index (χ4v) is 4.24. The van der Waals surface area contributed by atoms with Crippen molar-refractivity contribution in [2.45, 2.75) is 50.6 Å². The third-order valence-electron chi connectivity index (χ3n) is 5.52. The molecule has 4 heteroatoms. The van der Waals surface area contributed by atoms with Crippen molar-refractivity contribution < 1.29 is 4.79 Å². The predicted molar refractivity (Wildman–Crippen MR) is 85.1 cm³/mol. The molecule has 1 amide bonds. The van der Waals surface area contributed by atoms with E-state index >= 15 is 0 Å². The minimum Gasteiger partial charge on any atom is -0.339 e. The predicted octanol–water partition coefficient (Wildman–Crippen LogP) is 1.63. The van der Waals surface area contributed by atoms with Crippen molar-refractivity contribution in [3.63, 3.8) is 0 Å². The van der Waals surface area contributed by atoms with Crippen LogP contribution >= 0.6 is 0 Å². The number of fused-ring (bicyclic) bond motifs is 1. The number of amides is 1. The van der Waals surface area contributed by atoms with Gasteiger partial charge in [-0.15, -0.1) is 6.58 Å². The largest absolute Gasteiger partial charge is 0.339 e. The lowest BCUT2D eigenvalue weighted by Gasteiger charge is -2.42. The highest BCUT2D eigenvalue weighted by Gasteiger charge is 2.36. The molecule has 1 N–H and O–H groups in total. The van der Waals surface area contributed by atoms with Crippen LogP contribution in [0.25, 0.3) is 0 Å². The Labute approximate surface area is 128 Å². The van der Waals surface area contributed by atoms with Crippen molar-refractivity contribution in [2.24, 2.45) is 5.92 Å². The van der Waals surface area contributed by atoms with E-state index in [1.165, 1.54) is 32.1 Å². The summed E-state index contributed by atoms with van der Waals surface area (Å²) in [5.74, 6) is 1.17. The number of rotatable bonds is 3. The highest BCUT2D eigenvalue weighted by molar-refractivity contribution is 5.82. The minimum atomic E-state index is 0.0790. The van der Waals surface area contributed by atoms with Crippen LogP contribution < -0.4 is 5.32 Å². The summed E-state index contributed by atoms with van der Waals surface area (Å²) in [5, 5.41) is 3.67. The van der Waals surface area contributed by atoms with Crippen LogP contribution in [0.4, 0.5) is 0 Å². The quantitative estimate of drug-likeness (QED) is 0.803. The lowest BCUT2D eigenvalue weighted by molar-refractivity contribution is -0.136. The molecular formula is C17H29N3O. The van der Waals surface area contributed by atoms with Gasteiger partial charge in [0, 0.05) is 38.8 Å². The third-order valence-corrected chi connectivity index (χ3v) is 5.52. The molecule has 3 unspecified atom stereocenters. The van der Waals surface area contributed by atoms with Gasteiger partial charge in [0.05, 0.1) is 6.04 Å². The first-order valence-corrected chi connectivity index (χ1v) is 8.66. The summed E-state index contributed by atoms with van der Waals surface area (Å²) in [4.78, 5) is 17.2. The van der Waals surface area contributed by atoms with Gasteiger partial charge in [-0.25, -0.2) is 0 Å². The zero-order valence-corrected chi connectivity index (χ0v) is 13.1. The third kappa shape index (κ3) is 3.49. The lowest BCUT2D eigenvalue weighted by Crippen LogP contribution is -2.58. The van der Waals surface area contributed by atoms with E-state index in [4.69, 9.17) is 0 Å². The summed E-state index contributed by atoms with van der Waals surface area (Å²) in [6, 6.07) is 0.679. The van der Waals surface area contributed by atoms with E-state index in [9.17, 15) is 4.79 Å². The molecule has 0 aromatic carbocycles. The van der Waals surface area contributed by atoms with E-state index in [-0.39, 0.29) is 6.04 Å². The molecule has 0 spiro atoms. The molecule has 0 aromatic rings. The average molecular weight is 291 g/mol. The first kappa shape index (κ1) is 15.0. The molecule has 2 saturated heterocycles. The van der Waals surface area contributed by atoms with E-state index in [0.717, 1.165) is 45.1 Å².